The van der Waals surface area contributed by atoms with Gasteiger partial charge in [0.1, 0.15) is 6.17 Å². The third kappa shape index (κ3) is 7.23. The number of rotatable bonds is 7. The Morgan fingerprint density at radius 1 is 0.508 bits per heavy atom. The Bertz CT molecular complexity index is 2790. The van der Waals surface area contributed by atoms with E-state index in [0.717, 1.165) is 16.9 Å². The van der Waals surface area contributed by atoms with Gasteiger partial charge in [-0.05, 0) is 130 Å². The minimum Gasteiger partial charge on any atom is -0.359 e. The molecule has 0 fully saturated rings. The number of hydrogen-bond acceptors (Lipinski definition) is 3. The first-order valence-electron chi connectivity index (χ1n) is 20.7. The van der Waals surface area contributed by atoms with Crippen molar-refractivity contribution in [2.24, 2.45) is 0 Å². The average molecular weight is 766 g/mol. The summed E-state index contributed by atoms with van der Waals surface area (Å²) in [5.41, 5.74) is 22.8. The molecule has 1 atom stereocenters. The molecule has 2 heterocycles. The Morgan fingerprint density at radius 3 is 1.88 bits per heavy atom. The minimum absolute atomic E-state index is 0.0251. The molecule has 9 rings (SSSR count). The van der Waals surface area contributed by atoms with E-state index >= 15 is 0 Å². The largest absolute Gasteiger partial charge is 0.359 e. The van der Waals surface area contributed by atoms with Crippen LogP contribution in [-0.2, 0) is 5.41 Å². The molecule has 0 saturated carbocycles. The molecule has 0 saturated heterocycles. The van der Waals surface area contributed by atoms with Crippen LogP contribution in [0.4, 0.5) is 17.1 Å². The van der Waals surface area contributed by atoms with Gasteiger partial charge in [0.2, 0.25) is 0 Å². The Morgan fingerprint density at radius 2 is 1.15 bits per heavy atom. The predicted molar refractivity (Wildman–Crippen MR) is 250 cm³/mol. The first-order valence-corrected chi connectivity index (χ1v) is 20.7. The molecule has 0 spiro atoms. The Hall–Kier alpha value is -6.71. The van der Waals surface area contributed by atoms with Gasteiger partial charge in [0, 0.05) is 17.4 Å². The number of hydrogen-bond donors (Lipinski definition) is 1. The van der Waals surface area contributed by atoms with Crippen LogP contribution in [0.15, 0.2) is 170 Å². The Balaban J connectivity index is 1.20. The van der Waals surface area contributed by atoms with E-state index in [4.69, 9.17) is 4.98 Å². The predicted octanol–water partition coefficient (Wildman–Crippen LogP) is 15.2. The molecule has 0 bridgehead atoms. The number of nitrogens with one attached hydrogen (secondary N) is 1. The van der Waals surface area contributed by atoms with Crippen molar-refractivity contribution in [2.45, 2.75) is 60.0 Å². The van der Waals surface area contributed by atoms with Gasteiger partial charge in [0.15, 0.2) is 0 Å². The molecule has 8 aromatic rings. The number of fused-ring (bicyclic) bond motifs is 1. The fourth-order valence-electron chi connectivity index (χ4n) is 8.97. The van der Waals surface area contributed by atoms with E-state index in [0.29, 0.717) is 0 Å². The molecule has 1 aliphatic rings. The van der Waals surface area contributed by atoms with Crippen LogP contribution in [-0.4, -0.2) is 4.98 Å². The van der Waals surface area contributed by atoms with Gasteiger partial charge in [-0.3, -0.25) is 4.98 Å². The van der Waals surface area contributed by atoms with E-state index in [1.54, 1.807) is 0 Å². The van der Waals surface area contributed by atoms with Gasteiger partial charge in [0.05, 0.1) is 17.1 Å². The molecule has 1 unspecified atom stereocenters. The molecule has 59 heavy (non-hydrogen) atoms. The summed E-state index contributed by atoms with van der Waals surface area (Å²) in [6.07, 6.45) is 1.90. The smallest absolute Gasteiger partial charge is 0.130 e. The Labute approximate surface area is 350 Å². The zero-order chi connectivity index (χ0) is 40.8. The molecule has 0 amide bonds. The third-order valence-electron chi connectivity index (χ3n) is 11.8. The molecule has 0 radical (unpaired) electrons. The van der Waals surface area contributed by atoms with Gasteiger partial charge < -0.3 is 10.2 Å². The maximum atomic E-state index is 4.87. The molecule has 1 N–H and O–H groups in total. The highest BCUT2D eigenvalue weighted by molar-refractivity contribution is 5.99. The van der Waals surface area contributed by atoms with Crippen molar-refractivity contribution < 1.29 is 0 Å². The highest BCUT2D eigenvalue weighted by Gasteiger charge is 2.32. The molecule has 3 nitrogen and oxygen atoms in total. The van der Waals surface area contributed by atoms with Crippen molar-refractivity contribution in [3.05, 3.63) is 203 Å². The van der Waals surface area contributed by atoms with Gasteiger partial charge in [-0.15, -0.1) is 0 Å². The molecule has 1 aromatic heterocycles. The SMILES string of the molecule is Cc1cc(C)cc(-c2c(-c3ccc(C4Nc5ccccc5N4c4c(C)cccc4C)cc3)cccc2-c2ccc(-c3cc(C(C)(C)C)ccn3)cc2-c2ccccc2)c1. The van der Waals surface area contributed by atoms with Crippen molar-refractivity contribution in [1.82, 2.24) is 4.98 Å². The number of pyridine rings is 1. The maximum absolute atomic E-state index is 4.87. The van der Waals surface area contributed by atoms with Crippen molar-refractivity contribution >= 4 is 17.1 Å². The summed E-state index contributed by atoms with van der Waals surface area (Å²) in [5.74, 6) is 0. The number of aromatic nitrogens is 1. The van der Waals surface area contributed by atoms with Crippen LogP contribution in [0, 0.1) is 27.7 Å². The summed E-state index contributed by atoms with van der Waals surface area (Å²) in [5, 5.41) is 3.86. The second-order valence-corrected chi connectivity index (χ2v) is 17.2. The maximum Gasteiger partial charge on any atom is 0.130 e. The number of aryl methyl sites for hydroxylation is 4. The molecule has 290 valence electrons. The fourth-order valence-corrected chi connectivity index (χ4v) is 8.97. The zero-order valence-corrected chi connectivity index (χ0v) is 35.1. The van der Waals surface area contributed by atoms with Gasteiger partial charge in [0.25, 0.3) is 0 Å². The van der Waals surface area contributed by atoms with Gasteiger partial charge in [-0.25, -0.2) is 0 Å². The number of benzene rings is 7. The molecular formula is C56H51N3. The highest BCUT2D eigenvalue weighted by atomic mass is 15.3. The summed E-state index contributed by atoms with van der Waals surface area (Å²) in [4.78, 5) is 7.34. The van der Waals surface area contributed by atoms with Crippen molar-refractivity contribution in [2.75, 3.05) is 10.2 Å². The van der Waals surface area contributed by atoms with E-state index in [-0.39, 0.29) is 11.6 Å². The summed E-state index contributed by atoms with van der Waals surface area (Å²) in [6.45, 7) is 15.6. The molecule has 3 heteroatoms. The number of anilines is 3. The first-order chi connectivity index (χ1) is 28.5. The van der Waals surface area contributed by atoms with Crippen molar-refractivity contribution in [3.8, 4) is 55.8 Å². The first kappa shape index (κ1) is 37.8. The topological polar surface area (TPSA) is 28.2 Å². The Kier molecular flexibility index (Phi) is 9.77. The van der Waals surface area contributed by atoms with Crippen molar-refractivity contribution in [1.29, 1.82) is 0 Å². The van der Waals surface area contributed by atoms with Gasteiger partial charge in [-0.2, -0.15) is 0 Å². The standard InChI is InChI=1S/C56H51N3/c1-36-31-37(2)33-44(32-36)53-46(41-23-25-42(26-24-41)55-58-50-21-11-12-22-52(50)59(55)54-38(3)15-13-16-39(54)4)19-14-20-48(53)47-28-27-43(34-49(47)40-17-9-8-10-18-40)51-35-45(29-30-57-51)56(5,6)7/h8-35,55,58H,1-7H3. The number of nitrogens with zero attached hydrogens (tertiary/aromatic N) is 2. The lowest BCUT2D eigenvalue weighted by Gasteiger charge is -2.30. The van der Waals surface area contributed by atoms with Crippen LogP contribution >= 0.6 is 0 Å². The molecular weight excluding hydrogens is 715 g/mol. The molecule has 0 aliphatic carbocycles. The lowest BCUT2D eigenvalue weighted by atomic mass is 9.83. The van der Waals surface area contributed by atoms with E-state index < -0.39 is 0 Å². The quantitative estimate of drug-likeness (QED) is 0.175. The fraction of sp³-hybridized carbons (Fsp3) is 0.161. The van der Waals surface area contributed by atoms with Crippen LogP contribution < -0.4 is 10.2 Å². The van der Waals surface area contributed by atoms with Crippen LogP contribution in [0.5, 0.6) is 0 Å². The van der Waals surface area contributed by atoms with Crippen molar-refractivity contribution in [3.63, 3.8) is 0 Å². The lowest BCUT2D eigenvalue weighted by molar-refractivity contribution is 0.589. The average Bonchev–Trinajstić information content (AvgIpc) is 3.62. The van der Waals surface area contributed by atoms with E-state index in [1.807, 2.05) is 6.20 Å². The summed E-state index contributed by atoms with van der Waals surface area (Å²) < 4.78 is 0. The summed E-state index contributed by atoms with van der Waals surface area (Å²) in [7, 11) is 0. The monoisotopic (exact) mass is 765 g/mol. The minimum atomic E-state index is -0.0444. The normalized spacial score (nSPS) is 13.6. The molecule has 1 aliphatic heterocycles. The van der Waals surface area contributed by atoms with E-state index in [1.165, 1.54) is 89.3 Å². The summed E-state index contributed by atoms with van der Waals surface area (Å²) >= 11 is 0. The lowest BCUT2D eigenvalue weighted by Crippen LogP contribution is -2.24. The number of para-hydroxylation sites is 3. The van der Waals surface area contributed by atoms with E-state index in [9.17, 15) is 0 Å². The summed E-state index contributed by atoms with van der Waals surface area (Å²) in [6, 6.07) is 60.3. The zero-order valence-electron chi connectivity index (χ0n) is 35.1. The third-order valence-corrected chi connectivity index (χ3v) is 11.8. The van der Waals surface area contributed by atoms with Crippen LogP contribution in [0.1, 0.15) is 60.3 Å². The van der Waals surface area contributed by atoms with Crippen LogP contribution in [0.25, 0.3) is 55.8 Å². The van der Waals surface area contributed by atoms with Crippen LogP contribution in [0.2, 0.25) is 0 Å². The van der Waals surface area contributed by atoms with Crippen LogP contribution in [0.3, 0.4) is 0 Å². The second kappa shape index (κ2) is 15.2. The van der Waals surface area contributed by atoms with E-state index in [2.05, 4.69) is 222 Å². The van der Waals surface area contributed by atoms with Gasteiger partial charge >= 0.3 is 0 Å². The van der Waals surface area contributed by atoms with Gasteiger partial charge in [-0.1, -0.05) is 165 Å². The second-order valence-electron chi connectivity index (χ2n) is 17.2. The molecule has 7 aromatic carbocycles. The highest BCUT2D eigenvalue weighted by Crippen LogP contribution is 2.49.